The molecule has 1 N–H and O–H groups in total. The van der Waals surface area contributed by atoms with Gasteiger partial charge in [-0.15, -0.1) is 0 Å². The number of benzene rings is 3. The number of para-hydroxylation sites is 1. The number of halogens is 1. The summed E-state index contributed by atoms with van der Waals surface area (Å²) in [7, 11) is 3.15. The summed E-state index contributed by atoms with van der Waals surface area (Å²) in [6.07, 6.45) is 0. The van der Waals surface area contributed by atoms with Crippen LogP contribution in [-0.2, 0) is 21.5 Å². The molecule has 1 aliphatic rings. The molecule has 0 spiro atoms. The van der Waals surface area contributed by atoms with E-state index in [2.05, 4.69) is 0 Å². The minimum Gasteiger partial charge on any atom is -0.507 e. The Morgan fingerprint density at radius 2 is 1.59 bits per heavy atom. The van der Waals surface area contributed by atoms with Crippen LogP contribution in [0.5, 0.6) is 11.5 Å². The van der Waals surface area contributed by atoms with Gasteiger partial charge in [-0.3, -0.25) is 9.59 Å². The van der Waals surface area contributed by atoms with Crippen LogP contribution in [0, 0.1) is 0 Å². The number of aliphatic hydroxyl groups is 1. The van der Waals surface area contributed by atoms with E-state index in [-0.39, 0.29) is 23.3 Å². The second-order valence-electron chi connectivity index (χ2n) is 9.96. The number of likely N-dealkylation sites (tertiary alicyclic amines) is 1. The summed E-state index contributed by atoms with van der Waals surface area (Å²) in [5, 5.41) is 12.0. The zero-order valence-electron chi connectivity index (χ0n) is 21.5. The van der Waals surface area contributed by atoms with Crippen molar-refractivity contribution in [1.29, 1.82) is 0 Å². The predicted molar refractivity (Wildman–Crippen MR) is 144 cm³/mol. The molecule has 7 heteroatoms. The first-order valence-corrected chi connectivity index (χ1v) is 12.3. The van der Waals surface area contributed by atoms with Crippen LogP contribution in [0.3, 0.4) is 0 Å². The van der Waals surface area contributed by atoms with Crippen LogP contribution in [0.4, 0.5) is 0 Å². The highest BCUT2D eigenvalue weighted by molar-refractivity contribution is 6.46. The first-order valence-electron chi connectivity index (χ1n) is 11.9. The van der Waals surface area contributed by atoms with E-state index in [0.717, 1.165) is 11.1 Å². The number of aliphatic hydroxyl groups excluding tert-OH is 1. The Morgan fingerprint density at radius 1 is 0.946 bits per heavy atom. The van der Waals surface area contributed by atoms with E-state index < -0.39 is 17.7 Å². The summed E-state index contributed by atoms with van der Waals surface area (Å²) in [6.45, 7) is 6.23. The second kappa shape index (κ2) is 10.3. The lowest BCUT2D eigenvalue weighted by molar-refractivity contribution is -0.140. The molecule has 1 aliphatic heterocycles. The topological polar surface area (TPSA) is 76.1 Å². The van der Waals surface area contributed by atoms with Gasteiger partial charge in [0.1, 0.15) is 17.3 Å². The summed E-state index contributed by atoms with van der Waals surface area (Å²) in [5.74, 6) is -0.412. The van der Waals surface area contributed by atoms with Gasteiger partial charge in [-0.2, -0.15) is 0 Å². The minimum atomic E-state index is -0.817. The van der Waals surface area contributed by atoms with E-state index in [4.69, 9.17) is 21.1 Å². The van der Waals surface area contributed by atoms with Gasteiger partial charge >= 0.3 is 0 Å². The third-order valence-electron chi connectivity index (χ3n) is 6.54. The number of rotatable bonds is 6. The summed E-state index contributed by atoms with van der Waals surface area (Å²) < 4.78 is 11.0. The fourth-order valence-electron chi connectivity index (χ4n) is 4.65. The fourth-order valence-corrected chi connectivity index (χ4v) is 4.77. The largest absolute Gasteiger partial charge is 0.507 e. The summed E-state index contributed by atoms with van der Waals surface area (Å²) in [5.41, 5.74) is 2.43. The lowest BCUT2D eigenvalue weighted by atomic mass is 9.84. The van der Waals surface area contributed by atoms with Crippen molar-refractivity contribution in [2.75, 3.05) is 14.2 Å². The highest BCUT2D eigenvalue weighted by Crippen LogP contribution is 2.42. The molecule has 1 atom stereocenters. The lowest BCUT2D eigenvalue weighted by Gasteiger charge is -2.26. The van der Waals surface area contributed by atoms with Gasteiger partial charge < -0.3 is 19.5 Å². The number of amides is 1. The van der Waals surface area contributed by atoms with Crippen LogP contribution < -0.4 is 9.47 Å². The van der Waals surface area contributed by atoms with Crippen molar-refractivity contribution in [3.8, 4) is 11.5 Å². The molecule has 0 bridgehead atoms. The van der Waals surface area contributed by atoms with Gasteiger partial charge in [0.25, 0.3) is 11.7 Å². The van der Waals surface area contributed by atoms with Crippen molar-refractivity contribution >= 4 is 29.1 Å². The third kappa shape index (κ3) is 5.07. The van der Waals surface area contributed by atoms with E-state index >= 15 is 0 Å². The summed E-state index contributed by atoms with van der Waals surface area (Å²) >= 11 is 6.13. The van der Waals surface area contributed by atoms with Crippen molar-refractivity contribution in [2.24, 2.45) is 0 Å². The predicted octanol–water partition coefficient (Wildman–Crippen LogP) is 6.28. The number of hydrogen-bond donors (Lipinski definition) is 1. The first-order chi connectivity index (χ1) is 17.6. The number of nitrogens with zero attached hydrogens (tertiary/aromatic N) is 1. The standard InChI is InChI=1S/C30H30ClNO5/c1-30(2,3)22-16-19(12-15-24(22)37-5)27(33)25-26(18-10-13-21(31)14-11-18)32(29(35)28(25)34)17-20-8-6-7-9-23(20)36-4/h6-16,26,33H,17H2,1-5H3/b27-25-. The fraction of sp³-hybridized carbons (Fsp3) is 0.267. The van der Waals surface area contributed by atoms with Crippen molar-refractivity contribution < 1.29 is 24.2 Å². The zero-order chi connectivity index (χ0) is 26.9. The minimum absolute atomic E-state index is 0.0206. The van der Waals surface area contributed by atoms with E-state index in [9.17, 15) is 14.7 Å². The Kier molecular flexibility index (Phi) is 7.32. The van der Waals surface area contributed by atoms with Gasteiger partial charge in [-0.05, 0) is 47.4 Å². The zero-order valence-corrected chi connectivity index (χ0v) is 22.3. The Hall–Kier alpha value is -3.77. The maximum Gasteiger partial charge on any atom is 0.295 e. The van der Waals surface area contributed by atoms with Gasteiger partial charge in [0.2, 0.25) is 0 Å². The number of ketones is 1. The van der Waals surface area contributed by atoms with Crippen LogP contribution in [0.1, 0.15) is 49.1 Å². The summed E-state index contributed by atoms with van der Waals surface area (Å²) in [4.78, 5) is 28.3. The third-order valence-corrected chi connectivity index (χ3v) is 6.79. The van der Waals surface area contributed by atoms with Crippen LogP contribution in [0.2, 0.25) is 5.02 Å². The molecular formula is C30H30ClNO5. The number of hydrogen-bond acceptors (Lipinski definition) is 5. The molecule has 1 fully saturated rings. The molecule has 0 aliphatic carbocycles. The van der Waals surface area contributed by atoms with E-state index in [1.54, 1.807) is 62.8 Å². The highest BCUT2D eigenvalue weighted by Gasteiger charge is 2.46. The molecule has 1 heterocycles. The van der Waals surface area contributed by atoms with Gasteiger partial charge in [-0.1, -0.05) is 62.7 Å². The average Bonchev–Trinajstić information content (AvgIpc) is 3.13. The normalized spacial score (nSPS) is 17.2. The van der Waals surface area contributed by atoms with Crippen molar-refractivity contribution in [1.82, 2.24) is 4.90 Å². The van der Waals surface area contributed by atoms with Crippen molar-refractivity contribution in [3.05, 3.63) is 99.6 Å². The number of carbonyl (C=O) groups is 2. The Balaban J connectivity index is 1.90. The molecule has 1 amide bonds. The lowest BCUT2D eigenvalue weighted by Crippen LogP contribution is -2.29. The maximum atomic E-state index is 13.4. The van der Waals surface area contributed by atoms with Gasteiger partial charge in [0.15, 0.2) is 0 Å². The molecule has 0 saturated carbocycles. The molecule has 4 rings (SSSR count). The second-order valence-corrected chi connectivity index (χ2v) is 10.4. The first kappa shape index (κ1) is 26.3. The van der Waals surface area contributed by atoms with Crippen LogP contribution in [0.25, 0.3) is 5.76 Å². The Labute approximate surface area is 222 Å². The molecule has 3 aromatic rings. The highest BCUT2D eigenvalue weighted by atomic mass is 35.5. The van der Waals surface area contributed by atoms with Crippen molar-refractivity contribution in [2.45, 2.75) is 38.8 Å². The molecule has 1 saturated heterocycles. The quantitative estimate of drug-likeness (QED) is 0.236. The van der Waals surface area contributed by atoms with Gasteiger partial charge in [-0.25, -0.2) is 0 Å². The number of carbonyl (C=O) groups excluding carboxylic acids is 2. The number of ether oxygens (including phenoxy) is 2. The van der Waals surface area contributed by atoms with E-state index in [1.165, 1.54) is 4.90 Å². The molecule has 3 aromatic carbocycles. The molecule has 192 valence electrons. The SMILES string of the molecule is COc1ccccc1CN1C(=O)C(=O)/C(=C(\O)c2ccc(OC)c(C(C)(C)C)c2)C1c1ccc(Cl)cc1. The van der Waals surface area contributed by atoms with Gasteiger partial charge in [0, 0.05) is 21.7 Å². The van der Waals surface area contributed by atoms with E-state index in [1.807, 2.05) is 39.0 Å². The van der Waals surface area contributed by atoms with Crippen LogP contribution in [-0.4, -0.2) is 35.9 Å². The molecule has 37 heavy (non-hydrogen) atoms. The molecule has 0 aromatic heterocycles. The van der Waals surface area contributed by atoms with E-state index in [0.29, 0.717) is 27.6 Å². The molecule has 1 unspecified atom stereocenters. The average molecular weight is 520 g/mol. The number of methoxy groups -OCH3 is 2. The molecule has 6 nitrogen and oxygen atoms in total. The number of Topliss-reactive ketones (excluding diaryl/α,β-unsaturated/α-hetero) is 1. The molecular weight excluding hydrogens is 490 g/mol. The van der Waals surface area contributed by atoms with Crippen molar-refractivity contribution in [3.63, 3.8) is 0 Å². The molecule has 0 radical (unpaired) electrons. The van der Waals surface area contributed by atoms with Crippen LogP contribution >= 0.6 is 11.6 Å². The maximum absolute atomic E-state index is 13.4. The monoisotopic (exact) mass is 519 g/mol. The Bertz CT molecular complexity index is 1370. The van der Waals surface area contributed by atoms with Crippen LogP contribution in [0.15, 0.2) is 72.3 Å². The summed E-state index contributed by atoms with van der Waals surface area (Å²) in [6, 6.07) is 18.7. The Morgan fingerprint density at radius 3 is 2.22 bits per heavy atom. The van der Waals surface area contributed by atoms with Gasteiger partial charge in [0.05, 0.1) is 32.4 Å². The smallest absolute Gasteiger partial charge is 0.295 e.